The van der Waals surface area contributed by atoms with Crippen LogP contribution in [0.25, 0.3) is 47.9 Å². The van der Waals surface area contributed by atoms with E-state index in [-0.39, 0.29) is 41.6 Å². The molecule has 0 saturated carbocycles. The number of amides is 5. The molecule has 3 aliphatic rings. The summed E-state index contributed by atoms with van der Waals surface area (Å²) in [4.78, 5) is 115. The predicted molar refractivity (Wildman–Crippen MR) is 546 cm³/mol. The Bertz CT molecular complexity index is 6410. The van der Waals surface area contributed by atoms with Crippen molar-refractivity contribution in [3.8, 4) is 42.3 Å². The summed E-state index contributed by atoms with van der Waals surface area (Å²) in [5, 5.41) is 77.6. The minimum Gasteiger partial charge on any atom is -0.389 e. The van der Waals surface area contributed by atoms with E-state index >= 15 is 0 Å². The van der Waals surface area contributed by atoms with Gasteiger partial charge in [0.25, 0.3) is 29.5 Å². The molecule has 138 heavy (non-hydrogen) atoms. The van der Waals surface area contributed by atoms with Crippen LogP contribution in [-0.2, 0) is 9.53 Å². The third-order valence-electron chi connectivity index (χ3n) is 21.8. The number of benzene rings is 5. The highest BCUT2D eigenvalue weighted by molar-refractivity contribution is 7.14. The van der Waals surface area contributed by atoms with E-state index in [1.165, 1.54) is 45.3 Å². The molecule has 2 saturated heterocycles. The number of ether oxygens (including phenoxy) is 1. The molecule has 714 valence electrons. The van der Waals surface area contributed by atoms with Crippen LogP contribution in [0.4, 0.5) is 58.2 Å². The number of allylic oxidation sites excluding steroid dienone is 2. The Hall–Kier alpha value is -14.1. The van der Waals surface area contributed by atoms with Gasteiger partial charge in [-0.05, 0) is 243 Å². The second-order valence-electron chi connectivity index (χ2n) is 33.2. The van der Waals surface area contributed by atoms with Crippen LogP contribution in [0.2, 0.25) is 0 Å². The lowest BCUT2D eigenvalue weighted by Gasteiger charge is -2.26. The fraction of sp³-hybridized carbons (Fsp3) is 0.272. The highest BCUT2D eigenvalue weighted by atomic mass is 32.1. The minimum atomic E-state index is -0.544. The molecule has 5 atom stereocenters. The smallest absolute Gasteiger partial charge is 0.254 e. The molecule has 5 unspecified atom stereocenters. The van der Waals surface area contributed by atoms with Crippen molar-refractivity contribution in [1.82, 2.24) is 75.2 Å². The molecule has 0 bridgehead atoms. The number of likely N-dealkylation sites (tertiary alicyclic amines) is 1. The monoisotopic (exact) mass is 1930 g/mol. The predicted octanol–water partition coefficient (Wildman–Crippen LogP) is 19.5. The number of nitrogens with zero attached hydrogens (tertiary/aromatic N) is 13. The van der Waals surface area contributed by atoms with E-state index < -0.39 is 30.5 Å². The maximum Gasteiger partial charge on any atom is 0.254 e. The van der Waals surface area contributed by atoms with Crippen molar-refractivity contribution < 1.29 is 54.2 Å². The van der Waals surface area contributed by atoms with Crippen LogP contribution in [0.15, 0.2) is 246 Å². The van der Waals surface area contributed by atoms with Gasteiger partial charge in [0.05, 0.1) is 114 Å². The van der Waals surface area contributed by atoms with Gasteiger partial charge in [-0.3, -0.25) is 24.0 Å². The number of hydrogen-bond donors (Lipinski definition) is 12. The highest BCUT2D eigenvalue weighted by Crippen LogP contribution is 2.36. The van der Waals surface area contributed by atoms with Crippen LogP contribution in [-0.4, -0.2) is 185 Å². The third-order valence-corrected chi connectivity index (χ3v) is 25.6. The molecule has 2 aliphatic heterocycles. The van der Waals surface area contributed by atoms with E-state index in [0.717, 1.165) is 141 Å². The number of nitrogens with one attached hydrogen (secondary N) is 7. The summed E-state index contributed by atoms with van der Waals surface area (Å²) in [6.45, 7) is 23.1. The topological polar surface area (TPSA) is 419 Å². The highest BCUT2D eigenvalue weighted by Gasteiger charge is 2.26. The molecule has 35 heteroatoms. The first kappa shape index (κ1) is 101. The lowest BCUT2D eigenvalue weighted by molar-refractivity contribution is -0.117. The van der Waals surface area contributed by atoms with Gasteiger partial charge in [0.2, 0.25) is 29.7 Å². The van der Waals surface area contributed by atoms with Gasteiger partial charge in [0, 0.05) is 138 Å². The van der Waals surface area contributed by atoms with Crippen LogP contribution >= 0.6 is 45.3 Å². The first-order valence-corrected chi connectivity index (χ1v) is 48.8. The Balaban J connectivity index is 0.000000146. The number of likely N-dealkylation sites (N-methyl/N-ethyl adjacent to an activating group) is 1. The number of thiophene rings is 4. The number of carbonyl (C=O) groups is 5. The fourth-order valence-electron chi connectivity index (χ4n) is 14.1. The van der Waals surface area contributed by atoms with Gasteiger partial charge in [0.15, 0.2) is 0 Å². The number of hydrogen-bond acceptors (Lipinski definition) is 30. The number of morpholine rings is 1. The van der Waals surface area contributed by atoms with E-state index in [4.69, 9.17) is 4.74 Å². The van der Waals surface area contributed by atoms with Crippen molar-refractivity contribution in [2.24, 2.45) is 0 Å². The first-order valence-electron chi connectivity index (χ1n) is 45.2. The average molecular weight is 1930 g/mol. The van der Waals surface area contributed by atoms with Crippen LogP contribution in [0, 0.1) is 0 Å². The summed E-state index contributed by atoms with van der Waals surface area (Å²) in [6.07, 6.45) is 12.3. The van der Waals surface area contributed by atoms with Crippen molar-refractivity contribution in [3.63, 3.8) is 0 Å². The SMILES string of the molecule is CC(C)NC(=O)c1csc(-c2ccnc(Nc3cccc(C(C)O)c3)n2)c1.CC(O)c1cccc(Nc2nccc(-c3cc(C(=O)N(C)C(C)C)cs3)n2)c1.CC(O)c1cccc(Nc2nccc(-c3cc(C(=O)N4CCCC4)cs3)n2)c1.CC(O)c1cccc(Nc2nccc(-c3cc(C(=O)N4CCOCC4)cs3)n2)c1.CCNC(=O)C1=CCC(c2ccnc(Nc3cccc(C(C)O)c3)n2)=C1. The summed E-state index contributed by atoms with van der Waals surface area (Å²) in [5.74, 6) is 2.29. The maximum atomic E-state index is 12.7. The number of rotatable bonds is 28. The molecule has 0 radical (unpaired) electrons. The molecule has 1 aliphatic carbocycles. The molecule has 31 nitrogen and oxygen atoms in total. The van der Waals surface area contributed by atoms with E-state index in [0.29, 0.717) is 91.3 Å². The number of anilines is 10. The first-order chi connectivity index (χ1) is 66.5. The second-order valence-corrected chi connectivity index (χ2v) is 36.8. The van der Waals surface area contributed by atoms with Gasteiger partial charge in [-0.15, -0.1) is 45.3 Å². The molecule has 5 aromatic carbocycles. The van der Waals surface area contributed by atoms with Crippen LogP contribution in [0.3, 0.4) is 0 Å². The number of aliphatic hydroxyl groups is 5. The molecule has 5 amide bonds. The van der Waals surface area contributed by atoms with Crippen molar-refractivity contribution in [2.45, 2.75) is 131 Å². The van der Waals surface area contributed by atoms with Gasteiger partial charge in [-0.25, -0.2) is 49.8 Å². The van der Waals surface area contributed by atoms with Gasteiger partial charge < -0.3 is 82.2 Å². The summed E-state index contributed by atoms with van der Waals surface area (Å²) < 4.78 is 5.31. The Morgan fingerprint density at radius 2 is 0.710 bits per heavy atom. The summed E-state index contributed by atoms with van der Waals surface area (Å²) in [5.41, 5.74) is 16.2. The zero-order chi connectivity index (χ0) is 97.9. The van der Waals surface area contributed by atoms with Gasteiger partial charge in [0.1, 0.15) is 0 Å². The Morgan fingerprint density at radius 3 is 1.04 bits per heavy atom. The molecule has 9 aromatic heterocycles. The minimum absolute atomic E-state index is 0.000145. The Labute approximate surface area is 817 Å². The molecule has 0 spiro atoms. The van der Waals surface area contributed by atoms with Crippen LogP contribution < -0.4 is 37.2 Å². The zero-order valence-corrected chi connectivity index (χ0v) is 81.6. The maximum absolute atomic E-state index is 12.7. The average Bonchev–Trinajstić information content (AvgIpc) is 1.68. The summed E-state index contributed by atoms with van der Waals surface area (Å²) in [7, 11) is 1.80. The van der Waals surface area contributed by atoms with E-state index in [2.05, 4.69) is 87.1 Å². The molecule has 17 rings (SSSR count). The molecule has 14 aromatic rings. The van der Waals surface area contributed by atoms with Crippen LogP contribution in [0.5, 0.6) is 0 Å². The number of carbonyl (C=O) groups excluding carboxylic acids is 5. The summed E-state index contributed by atoms with van der Waals surface area (Å²) in [6, 6.07) is 54.4. The van der Waals surface area contributed by atoms with Crippen molar-refractivity contribution in [3.05, 3.63) is 302 Å². The molecule has 11 heterocycles. The van der Waals surface area contributed by atoms with E-state index in [9.17, 15) is 49.5 Å². The summed E-state index contributed by atoms with van der Waals surface area (Å²) >= 11 is 5.95. The van der Waals surface area contributed by atoms with Gasteiger partial charge in [-0.1, -0.05) is 66.7 Å². The van der Waals surface area contributed by atoms with Crippen molar-refractivity contribution in [2.75, 3.05) is 79.6 Å². The Kier molecular flexibility index (Phi) is 36.0. The lowest BCUT2D eigenvalue weighted by Crippen LogP contribution is -2.40. The quantitative estimate of drug-likeness (QED) is 0.0217. The third kappa shape index (κ3) is 28.8. The standard InChI is InChI=1S/C21H22N4O3S.C21H22N4O2S.C21H24N4O2S.C20H22N4O2S.C20H22N4O2/c1-14(26)15-3-2-4-17(11-15)23-21-22-6-5-18(24-21)19-12-16(13-29-19)20(27)25-7-9-28-10-8-25;1-14(26)15-5-4-6-17(11-15)23-21-22-8-7-18(24-21)19-12-16(13-28-19)20(27)25-9-2-3-10-25;1-13(2)25(4)20(27)16-11-19(28-12-16)18-8-9-22-21(24-18)23-17-7-5-6-15(10-17)14(3)26;1-12(2)22-19(26)15-10-18(27-11-15)17-7-8-21-20(24-17)23-16-6-4-5-14(9-16)13(3)25;1-3-21-19(26)16-8-7-15(11-16)18-9-10-22-20(24-18)23-17-6-4-5-14(12-17)13(2)25/h2-6,11-14,26H,7-10H2,1H3,(H,22,23,24);4-8,11-14,26H,2-3,9-10H2,1H3,(H,22,23,24);5-14,26H,1-4H3,(H,22,23,24);4-13,25H,1-3H3,(H,22,26)(H,21,23,24);4-6,8-13,25H,3,7H2,1-2H3,(H,21,26)(H,22,23,24). The molecule has 12 N–H and O–H groups in total. The molecular weight excluding hydrogens is 1820 g/mol. The Morgan fingerprint density at radius 1 is 0.399 bits per heavy atom. The molecular formula is C103H112N20O11S4. The number of aromatic nitrogens is 10. The molecule has 2 fully saturated rings. The zero-order valence-electron chi connectivity index (χ0n) is 78.3. The van der Waals surface area contributed by atoms with Crippen molar-refractivity contribution >= 4 is 139 Å². The van der Waals surface area contributed by atoms with E-state index in [1.807, 2.05) is 254 Å². The van der Waals surface area contributed by atoms with E-state index in [1.54, 1.807) is 77.6 Å². The van der Waals surface area contributed by atoms with Crippen molar-refractivity contribution in [1.29, 1.82) is 0 Å². The second kappa shape index (κ2) is 49.1. The van der Waals surface area contributed by atoms with Crippen LogP contribution in [0.1, 0.15) is 194 Å². The number of aliphatic hydroxyl groups excluding tert-OH is 5. The largest absolute Gasteiger partial charge is 0.389 e. The van der Waals surface area contributed by atoms with Gasteiger partial charge >= 0.3 is 0 Å². The fourth-order valence-corrected chi connectivity index (χ4v) is 17.6. The normalized spacial score (nSPS) is 13.7. The van der Waals surface area contributed by atoms with Gasteiger partial charge in [-0.2, -0.15) is 0 Å². The lowest BCUT2D eigenvalue weighted by atomic mass is 10.1.